The number of fused-ring (bicyclic) bond motifs is 1. The van der Waals surface area contributed by atoms with Gasteiger partial charge in [-0.3, -0.25) is 4.79 Å². The van der Waals surface area contributed by atoms with E-state index in [-0.39, 0.29) is 5.92 Å². The van der Waals surface area contributed by atoms with Gasteiger partial charge < -0.3 is 14.5 Å². The van der Waals surface area contributed by atoms with Crippen molar-refractivity contribution in [3.63, 3.8) is 0 Å². The Hall–Kier alpha value is -1.53. The van der Waals surface area contributed by atoms with Crippen molar-refractivity contribution in [2.45, 2.75) is 63.5 Å². The number of rotatable bonds is 3. The molecule has 1 saturated heterocycles. The standard InChI is InChI=1S/C21H32N4O2/c1-24-10-3-4-16(13-24)20-22-12-17-14-25(11-9-19(17)23-20)21(26)15-5-7-18(27-2)8-6-15/h12,15-16,18H,3-11,13-14H2,1-2H3. The highest BCUT2D eigenvalue weighted by Gasteiger charge is 2.32. The molecule has 0 spiro atoms. The van der Waals surface area contributed by atoms with Crippen molar-refractivity contribution in [3.05, 3.63) is 23.3 Å². The van der Waals surface area contributed by atoms with Crippen LogP contribution in [-0.4, -0.2) is 65.6 Å². The fraction of sp³-hybridized carbons (Fsp3) is 0.762. The second-order valence-electron chi connectivity index (χ2n) is 8.52. The van der Waals surface area contributed by atoms with Gasteiger partial charge in [-0.25, -0.2) is 9.97 Å². The minimum absolute atomic E-state index is 0.163. The zero-order valence-corrected chi connectivity index (χ0v) is 16.7. The third-order valence-electron chi connectivity index (χ3n) is 6.61. The van der Waals surface area contributed by atoms with Crippen LogP contribution >= 0.6 is 0 Å². The Kier molecular flexibility index (Phi) is 5.74. The lowest BCUT2D eigenvalue weighted by atomic mass is 9.86. The van der Waals surface area contributed by atoms with Crippen LogP contribution in [0.1, 0.15) is 61.5 Å². The van der Waals surface area contributed by atoms with Crippen LogP contribution < -0.4 is 0 Å². The Labute approximate surface area is 162 Å². The molecule has 148 valence electrons. The Morgan fingerprint density at radius 2 is 2.00 bits per heavy atom. The first-order valence-electron chi connectivity index (χ1n) is 10.5. The lowest BCUT2D eigenvalue weighted by Gasteiger charge is -2.34. The molecule has 1 amide bonds. The van der Waals surface area contributed by atoms with Crippen LogP contribution in [0.5, 0.6) is 0 Å². The van der Waals surface area contributed by atoms with Gasteiger partial charge in [0.1, 0.15) is 5.82 Å². The summed E-state index contributed by atoms with van der Waals surface area (Å²) in [4.78, 5) is 26.9. The molecule has 4 rings (SSSR count). The van der Waals surface area contributed by atoms with Gasteiger partial charge in [-0.05, 0) is 52.1 Å². The number of methoxy groups -OCH3 is 1. The Balaban J connectivity index is 1.39. The number of carbonyl (C=O) groups excluding carboxylic acids is 1. The molecule has 3 aliphatic rings. The van der Waals surface area contributed by atoms with Gasteiger partial charge >= 0.3 is 0 Å². The van der Waals surface area contributed by atoms with Gasteiger partial charge in [-0.1, -0.05) is 0 Å². The summed E-state index contributed by atoms with van der Waals surface area (Å²) in [5.41, 5.74) is 2.29. The monoisotopic (exact) mass is 372 g/mol. The first-order chi connectivity index (χ1) is 13.1. The first kappa shape index (κ1) is 18.8. The number of aromatic nitrogens is 2. The van der Waals surface area contributed by atoms with E-state index >= 15 is 0 Å². The van der Waals surface area contributed by atoms with Gasteiger partial charge in [0.2, 0.25) is 5.91 Å². The number of likely N-dealkylation sites (tertiary alicyclic amines) is 1. The molecule has 1 saturated carbocycles. The second-order valence-corrected chi connectivity index (χ2v) is 8.52. The zero-order valence-electron chi connectivity index (χ0n) is 16.7. The molecular weight excluding hydrogens is 340 g/mol. The Morgan fingerprint density at radius 3 is 2.74 bits per heavy atom. The summed E-state index contributed by atoms with van der Waals surface area (Å²) in [6, 6.07) is 0. The van der Waals surface area contributed by atoms with E-state index in [1.165, 1.54) is 19.4 Å². The molecule has 1 unspecified atom stereocenters. The number of carbonyl (C=O) groups is 1. The average Bonchev–Trinajstić information content (AvgIpc) is 2.72. The highest BCUT2D eigenvalue weighted by molar-refractivity contribution is 5.79. The summed E-state index contributed by atoms with van der Waals surface area (Å²) in [6.07, 6.45) is 9.46. The van der Waals surface area contributed by atoms with Crippen molar-refractivity contribution < 1.29 is 9.53 Å². The quantitative estimate of drug-likeness (QED) is 0.815. The van der Waals surface area contributed by atoms with Crippen LogP contribution in [0.3, 0.4) is 0 Å². The van der Waals surface area contributed by atoms with Crippen LogP contribution in [0, 0.1) is 5.92 Å². The van der Waals surface area contributed by atoms with E-state index in [0.717, 1.165) is 62.3 Å². The van der Waals surface area contributed by atoms with Gasteiger partial charge in [0.25, 0.3) is 0 Å². The van der Waals surface area contributed by atoms with E-state index in [4.69, 9.17) is 9.72 Å². The van der Waals surface area contributed by atoms with Crippen LogP contribution in [0.4, 0.5) is 0 Å². The molecule has 1 atom stereocenters. The summed E-state index contributed by atoms with van der Waals surface area (Å²) in [5, 5.41) is 0. The minimum atomic E-state index is 0.163. The van der Waals surface area contributed by atoms with Gasteiger partial charge in [0.05, 0.1) is 11.8 Å². The van der Waals surface area contributed by atoms with Gasteiger partial charge in [0, 0.05) is 56.8 Å². The van der Waals surface area contributed by atoms with Crippen LogP contribution in [0.15, 0.2) is 6.20 Å². The summed E-state index contributed by atoms with van der Waals surface area (Å²) >= 11 is 0. The number of hydrogen-bond acceptors (Lipinski definition) is 5. The van der Waals surface area contributed by atoms with Gasteiger partial charge in [0.15, 0.2) is 0 Å². The zero-order chi connectivity index (χ0) is 18.8. The highest BCUT2D eigenvalue weighted by Crippen LogP contribution is 2.30. The molecular formula is C21H32N4O2. The molecule has 2 fully saturated rings. The maximum Gasteiger partial charge on any atom is 0.225 e. The molecule has 3 heterocycles. The van der Waals surface area contributed by atoms with Gasteiger partial charge in [-0.2, -0.15) is 0 Å². The number of likely N-dealkylation sites (N-methyl/N-ethyl adjacent to an activating group) is 1. The number of amides is 1. The normalized spacial score (nSPS) is 29.4. The molecule has 2 aliphatic heterocycles. The Bertz CT molecular complexity index is 672. The molecule has 0 bridgehead atoms. The first-order valence-corrected chi connectivity index (χ1v) is 10.5. The molecule has 1 aromatic rings. The number of ether oxygens (including phenoxy) is 1. The maximum absolute atomic E-state index is 12.9. The number of hydrogen-bond donors (Lipinski definition) is 0. The molecule has 27 heavy (non-hydrogen) atoms. The summed E-state index contributed by atoms with van der Waals surface area (Å²) in [5.74, 6) is 1.92. The van der Waals surface area contributed by atoms with Crippen molar-refractivity contribution in [2.24, 2.45) is 5.92 Å². The lowest BCUT2D eigenvalue weighted by molar-refractivity contribution is -0.138. The highest BCUT2D eigenvalue weighted by atomic mass is 16.5. The number of piperidine rings is 1. The third kappa shape index (κ3) is 4.16. The minimum Gasteiger partial charge on any atom is -0.381 e. The predicted octanol–water partition coefficient (Wildman–Crippen LogP) is 2.38. The smallest absolute Gasteiger partial charge is 0.225 e. The van der Waals surface area contributed by atoms with Crippen LogP contribution in [-0.2, 0) is 22.5 Å². The fourth-order valence-electron chi connectivity index (χ4n) is 4.90. The maximum atomic E-state index is 12.9. The van der Waals surface area contributed by atoms with E-state index in [1.54, 1.807) is 7.11 Å². The second kappa shape index (κ2) is 8.23. The molecule has 0 aromatic carbocycles. The van der Waals surface area contributed by atoms with Crippen molar-refractivity contribution in [1.82, 2.24) is 19.8 Å². The molecule has 6 nitrogen and oxygen atoms in total. The Morgan fingerprint density at radius 1 is 1.19 bits per heavy atom. The third-order valence-corrected chi connectivity index (χ3v) is 6.61. The number of nitrogens with zero attached hydrogens (tertiary/aromatic N) is 4. The lowest BCUT2D eigenvalue weighted by Crippen LogP contribution is -2.41. The van der Waals surface area contributed by atoms with E-state index in [1.807, 2.05) is 11.1 Å². The summed E-state index contributed by atoms with van der Waals surface area (Å²) in [6.45, 7) is 3.68. The molecule has 0 N–H and O–H groups in total. The van der Waals surface area contributed by atoms with Crippen molar-refractivity contribution in [2.75, 3.05) is 33.8 Å². The predicted molar refractivity (Wildman–Crippen MR) is 103 cm³/mol. The summed E-state index contributed by atoms with van der Waals surface area (Å²) < 4.78 is 5.43. The molecule has 0 radical (unpaired) electrons. The van der Waals surface area contributed by atoms with E-state index < -0.39 is 0 Å². The molecule has 6 heteroatoms. The van der Waals surface area contributed by atoms with Crippen molar-refractivity contribution in [1.29, 1.82) is 0 Å². The van der Waals surface area contributed by atoms with Crippen molar-refractivity contribution >= 4 is 5.91 Å². The topological polar surface area (TPSA) is 58.6 Å². The van der Waals surface area contributed by atoms with E-state index in [2.05, 4.69) is 16.9 Å². The molecule has 1 aliphatic carbocycles. The van der Waals surface area contributed by atoms with Crippen LogP contribution in [0.25, 0.3) is 0 Å². The average molecular weight is 373 g/mol. The SMILES string of the molecule is COC1CCC(C(=O)N2CCc3nc(C4CCCN(C)C4)ncc3C2)CC1. The van der Waals surface area contributed by atoms with Gasteiger partial charge in [-0.15, -0.1) is 0 Å². The van der Waals surface area contributed by atoms with Crippen LogP contribution in [0.2, 0.25) is 0 Å². The van der Waals surface area contributed by atoms with E-state index in [0.29, 0.717) is 24.5 Å². The fourth-order valence-corrected chi connectivity index (χ4v) is 4.90. The molecule has 1 aromatic heterocycles. The van der Waals surface area contributed by atoms with Crippen molar-refractivity contribution in [3.8, 4) is 0 Å². The van der Waals surface area contributed by atoms with E-state index in [9.17, 15) is 4.79 Å². The largest absolute Gasteiger partial charge is 0.381 e. The summed E-state index contributed by atoms with van der Waals surface area (Å²) in [7, 11) is 3.95.